The van der Waals surface area contributed by atoms with Crippen LogP contribution in [0.4, 0.5) is 5.82 Å². The molecule has 146 valence electrons. The monoisotopic (exact) mass is 386 g/mol. The summed E-state index contributed by atoms with van der Waals surface area (Å²) in [4.78, 5) is 6.87. The summed E-state index contributed by atoms with van der Waals surface area (Å²) in [6, 6.07) is 18.2. The quantitative estimate of drug-likeness (QED) is 0.511. The van der Waals surface area contributed by atoms with Crippen LogP contribution in [0.25, 0.3) is 16.7 Å². The summed E-state index contributed by atoms with van der Waals surface area (Å²) >= 11 is 0. The Hall–Kier alpha value is -3.72. The number of nitriles is 1. The lowest BCUT2D eigenvalue weighted by molar-refractivity contribution is 0.354. The van der Waals surface area contributed by atoms with E-state index in [1.165, 1.54) is 0 Å². The molecule has 6 heteroatoms. The Morgan fingerprint density at radius 2 is 1.83 bits per heavy atom. The molecular weight excluding hydrogens is 364 g/mol. The first-order chi connectivity index (χ1) is 14.1. The van der Waals surface area contributed by atoms with E-state index in [0.717, 1.165) is 28.0 Å². The SMILES string of the molecule is COc1ccc(CN(C)c2cc(C)c(C#N)c3nc4ccccc4n23)cc1OC. The number of hydrogen-bond donors (Lipinski definition) is 0. The highest BCUT2D eigenvalue weighted by Gasteiger charge is 2.17. The van der Waals surface area contributed by atoms with Gasteiger partial charge in [-0.2, -0.15) is 5.26 Å². The largest absolute Gasteiger partial charge is 0.493 e. The third-order valence-corrected chi connectivity index (χ3v) is 5.12. The lowest BCUT2D eigenvalue weighted by atomic mass is 10.1. The molecule has 2 aromatic carbocycles. The second-order valence-electron chi connectivity index (χ2n) is 6.98. The van der Waals surface area contributed by atoms with Crippen molar-refractivity contribution in [3.05, 3.63) is 65.2 Å². The highest BCUT2D eigenvalue weighted by molar-refractivity contribution is 5.85. The van der Waals surface area contributed by atoms with Crippen molar-refractivity contribution in [2.45, 2.75) is 13.5 Å². The molecule has 0 aliphatic carbocycles. The second kappa shape index (κ2) is 7.36. The van der Waals surface area contributed by atoms with Crippen molar-refractivity contribution in [2.24, 2.45) is 0 Å². The van der Waals surface area contributed by atoms with Crippen molar-refractivity contribution >= 4 is 22.5 Å². The third kappa shape index (κ3) is 3.11. The standard InChI is InChI=1S/C23H22N4O2/c1-15-11-22(26(2)14-16-9-10-20(28-3)21(12-16)29-4)27-19-8-6-5-7-18(19)25-23(27)17(15)13-24/h5-12H,14H2,1-4H3. The summed E-state index contributed by atoms with van der Waals surface area (Å²) < 4.78 is 12.8. The zero-order valence-corrected chi connectivity index (χ0v) is 16.9. The maximum absolute atomic E-state index is 9.67. The number of nitrogens with zero attached hydrogens (tertiary/aromatic N) is 4. The number of aromatic nitrogens is 2. The molecule has 0 N–H and O–H groups in total. The molecule has 4 aromatic rings. The van der Waals surface area contributed by atoms with Gasteiger partial charge in [-0.1, -0.05) is 18.2 Å². The van der Waals surface area contributed by atoms with E-state index >= 15 is 0 Å². The molecule has 4 rings (SSSR count). The van der Waals surface area contributed by atoms with E-state index in [2.05, 4.69) is 15.4 Å². The Morgan fingerprint density at radius 3 is 2.55 bits per heavy atom. The summed E-state index contributed by atoms with van der Waals surface area (Å²) in [6.45, 7) is 2.61. The van der Waals surface area contributed by atoms with Gasteiger partial charge in [0.05, 0.1) is 30.8 Å². The summed E-state index contributed by atoms with van der Waals surface area (Å²) in [5.74, 6) is 2.38. The van der Waals surface area contributed by atoms with E-state index in [1.807, 2.05) is 62.5 Å². The van der Waals surface area contributed by atoms with Crippen molar-refractivity contribution in [1.82, 2.24) is 9.38 Å². The van der Waals surface area contributed by atoms with Crippen LogP contribution in [0.5, 0.6) is 11.5 Å². The molecule has 0 amide bonds. The number of benzene rings is 2. The molecule has 6 nitrogen and oxygen atoms in total. The number of fused-ring (bicyclic) bond motifs is 3. The van der Waals surface area contributed by atoms with Crippen molar-refractivity contribution in [2.75, 3.05) is 26.2 Å². The Morgan fingerprint density at radius 1 is 1.07 bits per heavy atom. The molecule has 0 radical (unpaired) electrons. The molecule has 0 saturated heterocycles. The molecule has 0 fully saturated rings. The molecule has 2 heterocycles. The molecule has 0 spiro atoms. The summed E-state index contributed by atoms with van der Waals surface area (Å²) in [7, 11) is 5.30. The van der Waals surface area contributed by atoms with Crippen LogP contribution >= 0.6 is 0 Å². The molecule has 0 atom stereocenters. The van der Waals surface area contributed by atoms with Gasteiger partial charge in [-0.15, -0.1) is 0 Å². The molecule has 29 heavy (non-hydrogen) atoms. The molecule has 0 unspecified atom stereocenters. The van der Waals surface area contributed by atoms with Gasteiger partial charge in [-0.3, -0.25) is 4.40 Å². The van der Waals surface area contributed by atoms with Crippen molar-refractivity contribution in [1.29, 1.82) is 5.26 Å². The van der Waals surface area contributed by atoms with Gasteiger partial charge in [0.15, 0.2) is 17.1 Å². The van der Waals surface area contributed by atoms with Crippen LogP contribution in [-0.2, 0) is 6.54 Å². The fourth-order valence-corrected chi connectivity index (χ4v) is 3.69. The number of para-hydroxylation sites is 2. The van der Waals surface area contributed by atoms with Gasteiger partial charge in [0.25, 0.3) is 0 Å². The fourth-order valence-electron chi connectivity index (χ4n) is 3.69. The molecular formula is C23H22N4O2. The number of methoxy groups -OCH3 is 2. The van der Waals surface area contributed by atoms with Crippen molar-refractivity contribution in [3.8, 4) is 17.6 Å². The molecule has 2 aromatic heterocycles. The predicted octanol–water partition coefficient (Wildman–Crippen LogP) is 4.32. The maximum atomic E-state index is 9.67. The zero-order valence-electron chi connectivity index (χ0n) is 16.9. The molecule has 0 aliphatic rings. The number of aryl methyl sites for hydroxylation is 1. The Kier molecular flexibility index (Phi) is 4.73. The first-order valence-electron chi connectivity index (χ1n) is 9.30. The predicted molar refractivity (Wildman–Crippen MR) is 114 cm³/mol. The van der Waals surface area contributed by atoms with Gasteiger partial charge in [0, 0.05) is 13.6 Å². The van der Waals surface area contributed by atoms with E-state index in [4.69, 9.17) is 14.5 Å². The van der Waals surface area contributed by atoms with Crippen LogP contribution in [0, 0.1) is 18.3 Å². The Bertz CT molecular complexity index is 1250. The average Bonchev–Trinajstić information content (AvgIpc) is 3.12. The third-order valence-electron chi connectivity index (χ3n) is 5.12. The average molecular weight is 386 g/mol. The van der Waals surface area contributed by atoms with Crippen LogP contribution in [0.2, 0.25) is 0 Å². The summed E-state index contributed by atoms with van der Waals surface area (Å²) in [5.41, 5.74) is 5.13. The van der Waals surface area contributed by atoms with Gasteiger partial charge in [-0.25, -0.2) is 4.98 Å². The minimum Gasteiger partial charge on any atom is -0.493 e. The van der Waals surface area contributed by atoms with Crippen LogP contribution in [0.1, 0.15) is 16.7 Å². The van der Waals surface area contributed by atoms with Gasteiger partial charge in [0.2, 0.25) is 0 Å². The van der Waals surface area contributed by atoms with Gasteiger partial charge < -0.3 is 14.4 Å². The van der Waals surface area contributed by atoms with Gasteiger partial charge in [-0.05, 0) is 48.4 Å². The number of imidazole rings is 1. The minimum absolute atomic E-state index is 0.601. The molecule has 0 saturated carbocycles. The first-order valence-corrected chi connectivity index (χ1v) is 9.30. The first kappa shape index (κ1) is 18.6. The molecule has 0 bridgehead atoms. The topological polar surface area (TPSA) is 62.8 Å². The van der Waals surface area contributed by atoms with E-state index in [9.17, 15) is 5.26 Å². The minimum atomic E-state index is 0.601. The Labute approximate surface area is 169 Å². The lowest BCUT2D eigenvalue weighted by Crippen LogP contribution is -2.20. The highest BCUT2D eigenvalue weighted by atomic mass is 16.5. The van der Waals surface area contributed by atoms with E-state index in [-0.39, 0.29) is 0 Å². The summed E-state index contributed by atoms with van der Waals surface area (Å²) in [5, 5.41) is 9.67. The zero-order chi connectivity index (χ0) is 20.5. The van der Waals surface area contributed by atoms with Gasteiger partial charge >= 0.3 is 0 Å². The summed E-state index contributed by atoms with van der Waals surface area (Å²) in [6.07, 6.45) is 0. The number of ether oxygens (including phenoxy) is 2. The van der Waals surface area contributed by atoms with E-state index in [0.29, 0.717) is 29.3 Å². The Balaban J connectivity index is 1.84. The van der Waals surface area contributed by atoms with Crippen LogP contribution in [0.15, 0.2) is 48.5 Å². The van der Waals surface area contributed by atoms with Crippen molar-refractivity contribution < 1.29 is 9.47 Å². The van der Waals surface area contributed by atoms with Crippen LogP contribution in [0.3, 0.4) is 0 Å². The molecule has 0 aliphatic heterocycles. The second-order valence-corrected chi connectivity index (χ2v) is 6.98. The maximum Gasteiger partial charge on any atom is 0.161 e. The fraction of sp³-hybridized carbons (Fsp3) is 0.217. The van der Waals surface area contributed by atoms with Crippen LogP contribution < -0.4 is 14.4 Å². The number of anilines is 1. The van der Waals surface area contributed by atoms with Crippen LogP contribution in [-0.4, -0.2) is 30.7 Å². The smallest absolute Gasteiger partial charge is 0.161 e. The van der Waals surface area contributed by atoms with Gasteiger partial charge in [0.1, 0.15) is 11.9 Å². The number of rotatable bonds is 5. The lowest BCUT2D eigenvalue weighted by Gasteiger charge is -2.23. The van der Waals surface area contributed by atoms with E-state index < -0.39 is 0 Å². The number of pyridine rings is 1. The highest BCUT2D eigenvalue weighted by Crippen LogP contribution is 2.31. The van der Waals surface area contributed by atoms with E-state index in [1.54, 1.807) is 14.2 Å². The van der Waals surface area contributed by atoms with Crippen molar-refractivity contribution in [3.63, 3.8) is 0 Å². The number of hydrogen-bond acceptors (Lipinski definition) is 5. The normalized spacial score (nSPS) is 10.9.